The van der Waals surface area contributed by atoms with Crippen LogP contribution in [0, 0.1) is 0 Å². The number of imidazole rings is 1. The summed E-state index contributed by atoms with van der Waals surface area (Å²) in [4.78, 5) is 34.2. The van der Waals surface area contributed by atoms with Gasteiger partial charge in [0, 0.05) is 61.6 Å². The third-order valence-electron chi connectivity index (χ3n) is 6.55. The van der Waals surface area contributed by atoms with E-state index in [9.17, 15) is 4.79 Å². The van der Waals surface area contributed by atoms with Crippen LogP contribution in [-0.2, 0) is 16.0 Å². The lowest BCUT2D eigenvalue weighted by atomic mass is 10.1. The first kappa shape index (κ1) is 22.4. The Balaban J connectivity index is 1.13. The van der Waals surface area contributed by atoms with Crippen molar-refractivity contribution in [2.45, 2.75) is 12.5 Å². The summed E-state index contributed by atoms with van der Waals surface area (Å²) in [6.07, 6.45) is 3.75. The summed E-state index contributed by atoms with van der Waals surface area (Å²) in [5.41, 5.74) is 11.1. The number of nitrogens with one attached hydrogen (secondary N) is 2. The van der Waals surface area contributed by atoms with Gasteiger partial charge >= 0.3 is 0 Å². The van der Waals surface area contributed by atoms with Crippen molar-refractivity contribution in [3.8, 4) is 11.4 Å². The molecule has 2 fully saturated rings. The van der Waals surface area contributed by atoms with Crippen molar-refractivity contribution in [3.05, 3.63) is 60.6 Å². The number of hydrogen-bond acceptors (Lipinski definition) is 8. The normalized spacial score (nSPS) is 16.2. The van der Waals surface area contributed by atoms with E-state index in [4.69, 9.17) is 15.5 Å². The van der Waals surface area contributed by atoms with Gasteiger partial charge in [0.05, 0.1) is 30.8 Å². The Morgan fingerprint density at radius 2 is 1.83 bits per heavy atom. The molecular formula is C26H28N8O2. The number of fused-ring (bicyclic) bond motifs is 1. The number of hydrogen-bond donors (Lipinski definition) is 3. The smallest absolute Gasteiger partial charge is 0.230 e. The molecule has 0 spiro atoms. The van der Waals surface area contributed by atoms with E-state index in [1.807, 2.05) is 42.5 Å². The van der Waals surface area contributed by atoms with Gasteiger partial charge in [-0.15, -0.1) is 0 Å². The van der Waals surface area contributed by atoms with E-state index in [2.05, 4.69) is 30.1 Å². The SMILES string of the molecule is NC1CN(c2ccnc(CC(=O)Nc3ccc(-c4nc5c(N6CCOCC6)nccc5[nH]4)cc3)c2)C1. The molecule has 1 aromatic carbocycles. The van der Waals surface area contributed by atoms with Crippen LogP contribution in [0.1, 0.15) is 5.69 Å². The molecule has 0 saturated carbocycles. The number of nitrogens with two attached hydrogens (primary N) is 1. The summed E-state index contributed by atoms with van der Waals surface area (Å²) in [6, 6.07) is 13.7. The highest BCUT2D eigenvalue weighted by atomic mass is 16.5. The second-order valence-electron chi connectivity index (χ2n) is 9.19. The van der Waals surface area contributed by atoms with Crippen LogP contribution < -0.4 is 20.9 Å². The van der Waals surface area contributed by atoms with Crippen LogP contribution in [0.25, 0.3) is 22.4 Å². The maximum absolute atomic E-state index is 12.6. The van der Waals surface area contributed by atoms with Crippen LogP contribution >= 0.6 is 0 Å². The first-order valence-electron chi connectivity index (χ1n) is 12.2. The van der Waals surface area contributed by atoms with Crippen molar-refractivity contribution in [3.63, 3.8) is 0 Å². The molecular weight excluding hydrogens is 456 g/mol. The molecule has 10 heteroatoms. The zero-order valence-corrected chi connectivity index (χ0v) is 19.9. The number of pyridine rings is 2. The zero-order valence-electron chi connectivity index (χ0n) is 19.9. The van der Waals surface area contributed by atoms with E-state index in [-0.39, 0.29) is 18.4 Å². The number of rotatable bonds is 6. The fraction of sp³-hybridized carbons (Fsp3) is 0.308. The van der Waals surface area contributed by atoms with Crippen LogP contribution in [-0.4, -0.2) is 71.3 Å². The second kappa shape index (κ2) is 9.56. The number of carbonyl (C=O) groups is 1. The van der Waals surface area contributed by atoms with Crippen molar-refractivity contribution in [2.75, 3.05) is 54.5 Å². The highest BCUT2D eigenvalue weighted by Gasteiger charge is 2.23. The third-order valence-corrected chi connectivity index (χ3v) is 6.55. The van der Waals surface area contributed by atoms with E-state index < -0.39 is 0 Å². The summed E-state index contributed by atoms with van der Waals surface area (Å²) < 4.78 is 5.47. The van der Waals surface area contributed by atoms with E-state index in [0.29, 0.717) is 13.2 Å². The number of morpholine rings is 1. The molecule has 6 rings (SSSR count). The fourth-order valence-corrected chi connectivity index (χ4v) is 4.63. The maximum Gasteiger partial charge on any atom is 0.230 e. The molecule has 0 aliphatic carbocycles. The highest BCUT2D eigenvalue weighted by molar-refractivity contribution is 5.92. The number of ether oxygens (including phenoxy) is 1. The molecule has 0 radical (unpaired) electrons. The minimum absolute atomic E-state index is 0.113. The Morgan fingerprint density at radius 3 is 2.61 bits per heavy atom. The van der Waals surface area contributed by atoms with E-state index >= 15 is 0 Å². The van der Waals surface area contributed by atoms with Crippen molar-refractivity contribution in [2.24, 2.45) is 5.73 Å². The van der Waals surface area contributed by atoms with Gasteiger partial charge in [0.2, 0.25) is 5.91 Å². The molecule has 3 aromatic heterocycles. The number of nitrogens with zero attached hydrogens (tertiary/aromatic N) is 5. The molecule has 0 atom stereocenters. The summed E-state index contributed by atoms with van der Waals surface area (Å²) in [6.45, 7) is 4.65. The van der Waals surface area contributed by atoms with Crippen molar-refractivity contribution in [1.29, 1.82) is 0 Å². The molecule has 0 bridgehead atoms. The Hall–Kier alpha value is -4.02. The minimum Gasteiger partial charge on any atom is -0.378 e. The number of anilines is 3. The molecule has 10 nitrogen and oxygen atoms in total. The first-order chi connectivity index (χ1) is 17.6. The van der Waals surface area contributed by atoms with E-state index in [1.54, 1.807) is 12.4 Å². The predicted octanol–water partition coefficient (Wildman–Crippen LogP) is 2.18. The lowest BCUT2D eigenvalue weighted by Gasteiger charge is -2.38. The molecule has 0 unspecified atom stereocenters. The molecule has 2 saturated heterocycles. The van der Waals surface area contributed by atoms with Gasteiger partial charge in [0.25, 0.3) is 0 Å². The summed E-state index contributed by atoms with van der Waals surface area (Å²) in [7, 11) is 0. The molecule has 2 aliphatic rings. The number of benzene rings is 1. The second-order valence-corrected chi connectivity index (χ2v) is 9.19. The standard InChI is InChI=1S/C26H28N8O2/c27-18-15-34(16-18)21-5-7-28-20(13-21)14-23(35)30-19-3-1-17(2-4-19)25-31-22-6-8-29-26(24(22)32-25)33-9-11-36-12-10-33/h1-8,13,18H,9-12,14-16,27H2,(H,30,35)(H,31,32). The molecule has 4 aromatic rings. The Labute approximate surface area is 208 Å². The number of carbonyl (C=O) groups excluding carboxylic acids is 1. The van der Waals surface area contributed by atoms with Gasteiger partial charge in [-0.1, -0.05) is 0 Å². The molecule has 5 heterocycles. The van der Waals surface area contributed by atoms with Crippen LogP contribution in [0.15, 0.2) is 54.9 Å². The summed E-state index contributed by atoms with van der Waals surface area (Å²) in [5.74, 6) is 1.52. The maximum atomic E-state index is 12.6. The van der Waals surface area contributed by atoms with Crippen molar-refractivity contribution in [1.82, 2.24) is 19.9 Å². The number of aromatic nitrogens is 4. The van der Waals surface area contributed by atoms with Gasteiger partial charge < -0.3 is 30.6 Å². The minimum atomic E-state index is -0.113. The zero-order chi connectivity index (χ0) is 24.5. The molecule has 4 N–H and O–H groups in total. The average Bonchev–Trinajstić information content (AvgIpc) is 3.32. The van der Waals surface area contributed by atoms with E-state index in [1.165, 1.54) is 0 Å². The van der Waals surface area contributed by atoms with Gasteiger partial charge in [-0.3, -0.25) is 9.78 Å². The quantitative estimate of drug-likeness (QED) is 0.380. The topological polar surface area (TPSA) is 125 Å². The van der Waals surface area contributed by atoms with Gasteiger partial charge in [0.1, 0.15) is 11.3 Å². The number of H-pyrrole nitrogens is 1. The number of aromatic amines is 1. The lowest BCUT2D eigenvalue weighted by Crippen LogP contribution is -2.55. The van der Waals surface area contributed by atoms with Gasteiger partial charge in [0.15, 0.2) is 5.82 Å². The molecule has 1 amide bonds. The lowest BCUT2D eigenvalue weighted by molar-refractivity contribution is -0.115. The van der Waals surface area contributed by atoms with Crippen LogP contribution in [0.3, 0.4) is 0 Å². The van der Waals surface area contributed by atoms with Gasteiger partial charge in [-0.05, 0) is 42.5 Å². The molecule has 2 aliphatic heterocycles. The van der Waals surface area contributed by atoms with Crippen molar-refractivity contribution >= 4 is 34.1 Å². The van der Waals surface area contributed by atoms with E-state index in [0.717, 1.165) is 71.5 Å². The first-order valence-corrected chi connectivity index (χ1v) is 12.2. The van der Waals surface area contributed by atoms with Gasteiger partial charge in [-0.25, -0.2) is 9.97 Å². The number of amides is 1. The van der Waals surface area contributed by atoms with Crippen LogP contribution in [0.4, 0.5) is 17.2 Å². The van der Waals surface area contributed by atoms with Gasteiger partial charge in [-0.2, -0.15) is 0 Å². The Bertz CT molecular complexity index is 1370. The highest BCUT2D eigenvalue weighted by Crippen LogP contribution is 2.28. The largest absolute Gasteiger partial charge is 0.378 e. The molecule has 184 valence electrons. The average molecular weight is 485 g/mol. The fourth-order valence-electron chi connectivity index (χ4n) is 4.63. The Morgan fingerprint density at radius 1 is 1.06 bits per heavy atom. The third kappa shape index (κ3) is 4.60. The Kier molecular flexibility index (Phi) is 5.96. The summed E-state index contributed by atoms with van der Waals surface area (Å²) in [5, 5.41) is 2.96. The van der Waals surface area contributed by atoms with Crippen LogP contribution in [0.5, 0.6) is 0 Å². The molecule has 36 heavy (non-hydrogen) atoms. The summed E-state index contributed by atoms with van der Waals surface area (Å²) >= 11 is 0. The monoisotopic (exact) mass is 484 g/mol. The van der Waals surface area contributed by atoms with Crippen LogP contribution in [0.2, 0.25) is 0 Å². The van der Waals surface area contributed by atoms with Crippen molar-refractivity contribution < 1.29 is 9.53 Å². The predicted molar refractivity (Wildman–Crippen MR) is 139 cm³/mol.